The Bertz CT molecular complexity index is 557. The molecule has 2 heterocycles. The number of nitrogens with zero attached hydrogens (tertiary/aromatic N) is 3. The molecule has 1 aliphatic heterocycles. The zero-order valence-corrected chi connectivity index (χ0v) is 14.2. The van der Waals surface area contributed by atoms with Crippen molar-refractivity contribution in [3.63, 3.8) is 0 Å². The number of rotatable bonds is 6. The van der Waals surface area contributed by atoms with Crippen molar-refractivity contribution in [3.8, 4) is 0 Å². The average molecular weight is 318 g/mol. The van der Waals surface area contributed by atoms with Crippen molar-refractivity contribution in [3.05, 3.63) is 23.9 Å². The number of carbonyl (C=O) groups excluding carboxylic acids is 2. The van der Waals surface area contributed by atoms with Crippen molar-refractivity contribution in [2.45, 2.75) is 33.2 Å². The molecule has 126 valence electrons. The lowest BCUT2D eigenvalue weighted by atomic mass is 9.97. The van der Waals surface area contributed by atoms with Crippen LogP contribution in [0, 0.1) is 5.92 Å². The molecule has 1 aliphatic rings. The summed E-state index contributed by atoms with van der Waals surface area (Å²) in [6, 6.07) is 3.89. The van der Waals surface area contributed by atoms with Gasteiger partial charge in [0.05, 0.1) is 5.92 Å². The van der Waals surface area contributed by atoms with Crippen LogP contribution < -0.4 is 10.2 Å². The van der Waals surface area contributed by atoms with Gasteiger partial charge in [-0.2, -0.15) is 0 Å². The molecule has 0 aromatic carbocycles. The van der Waals surface area contributed by atoms with Gasteiger partial charge in [0.1, 0.15) is 5.82 Å². The Labute approximate surface area is 137 Å². The minimum absolute atomic E-state index is 0.0127. The van der Waals surface area contributed by atoms with E-state index in [9.17, 15) is 9.59 Å². The van der Waals surface area contributed by atoms with Crippen molar-refractivity contribution >= 4 is 17.6 Å². The summed E-state index contributed by atoms with van der Waals surface area (Å²) in [7, 11) is 1.75. The number of hydrogen-bond acceptors (Lipinski definition) is 4. The highest BCUT2D eigenvalue weighted by Crippen LogP contribution is 2.19. The summed E-state index contributed by atoms with van der Waals surface area (Å²) < 4.78 is 0. The van der Waals surface area contributed by atoms with Gasteiger partial charge in [0.2, 0.25) is 11.8 Å². The average Bonchev–Trinajstić information content (AvgIpc) is 2.57. The van der Waals surface area contributed by atoms with Gasteiger partial charge < -0.3 is 15.1 Å². The maximum atomic E-state index is 12.4. The van der Waals surface area contributed by atoms with Crippen molar-refractivity contribution in [2.75, 3.05) is 31.6 Å². The van der Waals surface area contributed by atoms with Crippen molar-refractivity contribution in [1.82, 2.24) is 15.2 Å². The highest BCUT2D eigenvalue weighted by atomic mass is 16.2. The van der Waals surface area contributed by atoms with Gasteiger partial charge in [0.25, 0.3) is 0 Å². The summed E-state index contributed by atoms with van der Waals surface area (Å²) in [5.41, 5.74) is 1.02. The third-order valence-corrected chi connectivity index (χ3v) is 4.38. The largest absolute Gasteiger partial charge is 0.357 e. The molecule has 2 rings (SSSR count). The lowest BCUT2D eigenvalue weighted by Crippen LogP contribution is -2.43. The fourth-order valence-corrected chi connectivity index (χ4v) is 2.93. The summed E-state index contributed by atoms with van der Waals surface area (Å²) in [5.74, 6) is 0.934. The number of carbonyl (C=O) groups is 2. The van der Waals surface area contributed by atoms with Crippen LogP contribution in [0.2, 0.25) is 0 Å². The maximum absolute atomic E-state index is 12.4. The van der Waals surface area contributed by atoms with Crippen LogP contribution in [0.15, 0.2) is 18.3 Å². The highest BCUT2D eigenvalue weighted by molar-refractivity contribution is 5.83. The summed E-state index contributed by atoms with van der Waals surface area (Å²) in [5, 5.41) is 3.00. The first-order chi connectivity index (χ1) is 11.1. The Morgan fingerprint density at radius 3 is 2.83 bits per heavy atom. The molecule has 1 aromatic rings. The van der Waals surface area contributed by atoms with E-state index in [1.165, 1.54) is 0 Å². The van der Waals surface area contributed by atoms with Crippen LogP contribution in [-0.2, 0) is 16.1 Å². The van der Waals surface area contributed by atoms with E-state index >= 15 is 0 Å². The molecule has 0 radical (unpaired) electrons. The van der Waals surface area contributed by atoms with Crippen LogP contribution in [0.1, 0.15) is 32.3 Å². The van der Waals surface area contributed by atoms with E-state index in [4.69, 9.17) is 0 Å². The second-order valence-corrected chi connectivity index (χ2v) is 5.89. The summed E-state index contributed by atoms with van der Waals surface area (Å²) >= 11 is 0. The fraction of sp³-hybridized carbons (Fsp3) is 0.588. The topological polar surface area (TPSA) is 65.5 Å². The third-order valence-electron chi connectivity index (χ3n) is 4.38. The number of piperidine rings is 1. The lowest BCUT2D eigenvalue weighted by Gasteiger charge is -2.29. The standard InChI is InChI=1S/C17H26N4O2/c1-4-21(5-2)16-13(7-6-10-18-16)11-19-17(23)14-8-9-15(22)20(3)12-14/h6-7,10,14H,4-5,8-9,11-12H2,1-3H3,(H,19,23)/t14-/m0/s1. The molecule has 1 atom stereocenters. The Morgan fingerprint density at radius 1 is 1.43 bits per heavy atom. The minimum Gasteiger partial charge on any atom is -0.357 e. The quantitative estimate of drug-likeness (QED) is 0.861. The molecule has 0 saturated carbocycles. The number of anilines is 1. The van der Waals surface area contributed by atoms with Crippen LogP contribution in [-0.4, -0.2) is 48.4 Å². The van der Waals surface area contributed by atoms with Crippen molar-refractivity contribution in [1.29, 1.82) is 0 Å². The van der Waals surface area contributed by atoms with Gasteiger partial charge in [0.15, 0.2) is 0 Å². The third kappa shape index (κ3) is 4.21. The Kier molecular flexibility index (Phi) is 5.96. The predicted octanol–water partition coefficient (Wildman–Crippen LogP) is 1.41. The van der Waals surface area contributed by atoms with E-state index < -0.39 is 0 Å². The number of amides is 2. The van der Waals surface area contributed by atoms with E-state index in [-0.39, 0.29) is 17.7 Å². The molecule has 1 aromatic heterocycles. The molecule has 0 bridgehead atoms. The second kappa shape index (κ2) is 7.94. The SMILES string of the molecule is CCN(CC)c1ncccc1CNC(=O)[C@H]1CCC(=O)N(C)C1. The number of aromatic nitrogens is 1. The molecule has 23 heavy (non-hydrogen) atoms. The van der Waals surface area contributed by atoms with Gasteiger partial charge in [-0.05, 0) is 26.3 Å². The molecule has 1 saturated heterocycles. The molecular weight excluding hydrogens is 292 g/mol. The monoisotopic (exact) mass is 318 g/mol. The molecule has 2 amide bonds. The number of likely N-dealkylation sites (tertiary alicyclic amines) is 1. The Hall–Kier alpha value is -2.11. The molecule has 1 fully saturated rings. The summed E-state index contributed by atoms with van der Waals surface area (Å²) in [6.07, 6.45) is 2.86. The second-order valence-electron chi connectivity index (χ2n) is 5.89. The van der Waals surface area contributed by atoms with Crippen LogP contribution in [0.25, 0.3) is 0 Å². The van der Waals surface area contributed by atoms with E-state index in [0.29, 0.717) is 25.9 Å². The zero-order valence-electron chi connectivity index (χ0n) is 14.2. The van der Waals surface area contributed by atoms with E-state index in [1.807, 2.05) is 12.1 Å². The lowest BCUT2D eigenvalue weighted by molar-refractivity contribution is -0.136. The van der Waals surface area contributed by atoms with Gasteiger partial charge in [-0.15, -0.1) is 0 Å². The van der Waals surface area contributed by atoms with Crippen LogP contribution in [0.4, 0.5) is 5.82 Å². The van der Waals surface area contributed by atoms with Gasteiger partial charge in [0, 0.05) is 51.4 Å². The van der Waals surface area contributed by atoms with Crippen LogP contribution in [0.3, 0.4) is 0 Å². The highest BCUT2D eigenvalue weighted by Gasteiger charge is 2.28. The van der Waals surface area contributed by atoms with Gasteiger partial charge >= 0.3 is 0 Å². The molecular formula is C17H26N4O2. The number of pyridine rings is 1. The van der Waals surface area contributed by atoms with E-state index in [1.54, 1.807) is 18.1 Å². The Balaban J connectivity index is 1.98. The first-order valence-corrected chi connectivity index (χ1v) is 8.27. The molecule has 0 unspecified atom stereocenters. The van der Waals surface area contributed by atoms with Crippen LogP contribution in [0.5, 0.6) is 0 Å². The first kappa shape index (κ1) is 17.2. The maximum Gasteiger partial charge on any atom is 0.225 e. The molecule has 0 spiro atoms. The summed E-state index contributed by atoms with van der Waals surface area (Å²) in [4.78, 5) is 32.1. The van der Waals surface area contributed by atoms with Gasteiger partial charge in [-0.3, -0.25) is 9.59 Å². The fourth-order valence-electron chi connectivity index (χ4n) is 2.93. The van der Waals surface area contributed by atoms with Crippen molar-refractivity contribution in [2.24, 2.45) is 5.92 Å². The Morgan fingerprint density at radius 2 is 2.17 bits per heavy atom. The first-order valence-electron chi connectivity index (χ1n) is 8.27. The molecule has 6 heteroatoms. The molecule has 1 N–H and O–H groups in total. The normalized spacial score (nSPS) is 18.0. The smallest absolute Gasteiger partial charge is 0.225 e. The van der Waals surface area contributed by atoms with Crippen molar-refractivity contribution < 1.29 is 9.59 Å². The van der Waals surface area contributed by atoms with Crippen LogP contribution >= 0.6 is 0 Å². The van der Waals surface area contributed by atoms with E-state index in [2.05, 4.69) is 29.0 Å². The number of nitrogens with one attached hydrogen (secondary N) is 1. The predicted molar refractivity (Wildman–Crippen MR) is 90.0 cm³/mol. The van der Waals surface area contributed by atoms with Gasteiger partial charge in [-0.1, -0.05) is 6.07 Å². The number of hydrogen-bond donors (Lipinski definition) is 1. The zero-order chi connectivity index (χ0) is 16.8. The minimum atomic E-state index is -0.119. The van der Waals surface area contributed by atoms with Gasteiger partial charge in [-0.25, -0.2) is 4.98 Å². The summed E-state index contributed by atoms with van der Waals surface area (Å²) in [6.45, 7) is 6.91. The molecule has 6 nitrogen and oxygen atoms in total. The van der Waals surface area contributed by atoms with E-state index in [0.717, 1.165) is 24.5 Å². The molecule has 0 aliphatic carbocycles.